The van der Waals surface area contributed by atoms with E-state index in [4.69, 9.17) is 5.73 Å². The van der Waals surface area contributed by atoms with Crippen LogP contribution in [0.25, 0.3) is 0 Å². The van der Waals surface area contributed by atoms with Crippen LogP contribution >= 0.6 is 0 Å². The zero-order valence-corrected chi connectivity index (χ0v) is 6.92. The second-order valence-corrected chi connectivity index (χ2v) is 2.60. The number of hydrogen-bond donors (Lipinski definition) is 1. The van der Waals surface area contributed by atoms with Crippen LogP contribution < -0.4 is 10.5 Å². The number of carbonyl (C=O) groups is 1. The summed E-state index contributed by atoms with van der Waals surface area (Å²) < 4.78 is 0.476. The van der Waals surface area contributed by atoms with Crippen molar-refractivity contribution in [2.45, 2.75) is 13.8 Å². The van der Waals surface area contributed by atoms with Crippen molar-refractivity contribution in [1.29, 1.82) is 0 Å². The molecular weight excluding hydrogens is 156 g/mol. The van der Waals surface area contributed by atoms with Crippen molar-refractivity contribution in [3.8, 4) is 0 Å². The number of amides is 1. The van der Waals surface area contributed by atoms with Gasteiger partial charge in [0.2, 0.25) is 0 Å². The second kappa shape index (κ2) is 2.81. The summed E-state index contributed by atoms with van der Waals surface area (Å²) in [6, 6.07) is 2.84. The molecule has 0 atom stereocenters. The van der Waals surface area contributed by atoms with Crippen molar-refractivity contribution < 1.29 is 9.52 Å². The van der Waals surface area contributed by atoms with E-state index >= 15 is 0 Å². The molecule has 63 valence electrons. The first-order valence-corrected chi connectivity index (χ1v) is 3.45. The van der Waals surface area contributed by atoms with E-state index in [1.165, 1.54) is 6.20 Å². The van der Waals surface area contributed by atoms with E-state index < -0.39 is 5.91 Å². The van der Waals surface area contributed by atoms with Gasteiger partial charge in [-0.05, 0) is 13.8 Å². The minimum absolute atomic E-state index is 0.0411. The Kier molecular flexibility index (Phi) is 1.99. The number of carbonyl (C=O) groups excluding carboxylic acids is 1. The highest BCUT2D eigenvalue weighted by Gasteiger charge is 2.16. The van der Waals surface area contributed by atoms with Gasteiger partial charge in [-0.2, -0.15) is 4.73 Å². The number of hydrogen-bond acceptors (Lipinski definition) is 2. The van der Waals surface area contributed by atoms with Crippen molar-refractivity contribution in [2.75, 3.05) is 0 Å². The molecule has 0 aromatic carbocycles. The maximum Gasteiger partial charge on any atom is 0.315 e. The molecule has 1 rings (SSSR count). The average molecular weight is 165 g/mol. The average Bonchev–Trinajstić information content (AvgIpc) is 1.82. The van der Waals surface area contributed by atoms with Crippen LogP contribution in [-0.2, 0) is 0 Å². The number of pyridine rings is 1. The summed E-state index contributed by atoms with van der Waals surface area (Å²) in [6.45, 7) is 3.35. The van der Waals surface area contributed by atoms with Crippen LogP contribution in [0.3, 0.4) is 0 Å². The largest absolute Gasteiger partial charge is 0.618 e. The van der Waals surface area contributed by atoms with Gasteiger partial charge in [0, 0.05) is 17.2 Å². The topological polar surface area (TPSA) is 70.0 Å². The second-order valence-electron chi connectivity index (χ2n) is 2.60. The van der Waals surface area contributed by atoms with Crippen molar-refractivity contribution in [2.24, 2.45) is 5.73 Å². The lowest BCUT2D eigenvalue weighted by Crippen LogP contribution is -2.38. The monoisotopic (exact) mass is 165 g/mol. The van der Waals surface area contributed by atoms with Crippen LogP contribution in [0, 0.1) is 25.1 Å². The van der Waals surface area contributed by atoms with Gasteiger partial charge >= 0.3 is 5.91 Å². The third-order valence-corrected chi connectivity index (χ3v) is 1.50. The SMILES string of the molecule is Cc1[c]c(C)c(C(N)=O)[n+]([O-])c1. The van der Waals surface area contributed by atoms with Gasteiger partial charge in [0.15, 0.2) is 6.20 Å². The quantitative estimate of drug-likeness (QED) is 0.464. The van der Waals surface area contributed by atoms with Crippen LogP contribution in [-0.4, -0.2) is 5.91 Å². The molecule has 1 radical (unpaired) electrons. The van der Waals surface area contributed by atoms with Crippen molar-refractivity contribution in [1.82, 2.24) is 0 Å². The molecule has 0 saturated heterocycles. The number of aromatic nitrogens is 1. The highest BCUT2D eigenvalue weighted by molar-refractivity contribution is 5.90. The Morgan fingerprint density at radius 1 is 1.67 bits per heavy atom. The molecule has 4 heteroatoms. The fraction of sp³-hybridized carbons (Fsp3) is 0.250. The standard InChI is InChI=1S/C8H9N2O2/c1-5-3-6(2)7(8(9)11)10(12)4-5/h4H,1-2H3,(H2,9,11). The maximum atomic E-state index is 11.1. The summed E-state index contributed by atoms with van der Waals surface area (Å²) in [4.78, 5) is 10.7. The van der Waals surface area contributed by atoms with E-state index in [0.29, 0.717) is 15.9 Å². The highest BCUT2D eigenvalue weighted by Crippen LogP contribution is 2.02. The number of nitrogens with two attached hydrogens (primary N) is 1. The zero-order valence-electron chi connectivity index (χ0n) is 6.92. The number of nitrogens with zero attached hydrogens (tertiary/aromatic N) is 1. The summed E-state index contributed by atoms with van der Waals surface area (Å²) >= 11 is 0. The lowest BCUT2D eigenvalue weighted by Gasteiger charge is -2.03. The van der Waals surface area contributed by atoms with Gasteiger partial charge in [0.25, 0.3) is 5.69 Å². The summed E-state index contributed by atoms with van der Waals surface area (Å²) in [5.74, 6) is -0.723. The van der Waals surface area contributed by atoms with E-state index in [1.807, 2.05) is 0 Å². The number of rotatable bonds is 1. The normalized spacial score (nSPS) is 9.83. The Hall–Kier alpha value is -1.58. The Bertz CT molecular complexity index is 311. The molecular formula is C8H9N2O2. The van der Waals surface area contributed by atoms with Gasteiger partial charge in [0.1, 0.15) is 0 Å². The molecule has 0 unspecified atom stereocenters. The summed E-state index contributed by atoms with van der Waals surface area (Å²) in [6.07, 6.45) is 1.27. The molecule has 4 nitrogen and oxygen atoms in total. The zero-order chi connectivity index (χ0) is 9.30. The lowest BCUT2D eigenvalue weighted by atomic mass is 10.1. The molecule has 0 aliphatic heterocycles. The van der Waals surface area contributed by atoms with Crippen LogP contribution in [0.4, 0.5) is 0 Å². The van der Waals surface area contributed by atoms with E-state index in [2.05, 4.69) is 6.07 Å². The molecule has 0 aliphatic rings. The van der Waals surface area contributed by atoms with Crippen LogP contribution in [0.5, 0.6) is 0 Å². The van der Waals surface area contributed by atoms with Gasteiger partial charge in [-0.1, -0.05) is 0 Å². The molecule has 0 spiro atoms. The third kappa shape index (κ3) is 1.37. The van der Waals surface area contributed by atoms with Gasteiger partial charge in [-0.3, -0.25) is 4.79 Å². The molecule has 1 aromatic heterocycles. The van der Waals surface area contributed by atoms with Crippen LogP contribution in [0.1, 0.15) is 21.6 Å². The maximum absolute atomic E-state index is 11.1. The molecule has 0 bridgehead atoms. The first-order valence-electron chi connectivity index (χ1n) is 3.45. The van der Waals surface area contributed by atoms with Crippen molar-refractivity contribution in [3.63, 3.8) is 0 Å². The molecule has 0 fully saturated rings. The first-order chi connectivity index (χ1) is 5.52. The van der Waals surface area contributed by atoms with Gasteiger partial charge in [-0.25, -0.2) is 0 Å². The smallest absolute Gasteiger partial charge is 0.315 e. The molecule has 1 heterocycles. The van der Waals surface area contributed by atoms with E-state index in [9.17, 15) is 10.0 Å². The van der Waals surface area contributed by atoms with E-state index in [1.54, 1.807) is 13.8 Å². The predicted octanol–water partition coefficient (Wildman–Crippen LogP) is -0.164. The predicted molar refractivity (Wildman–Crippen MR) is 42.2 cm³/mol. The Balaban J connectivity index is 3.38. The molecule has 12 heavy (non-hydrogen) atoms. The Labute approximate surface area is 70.2 Å². The molecule has 2 N–H and O–H groups in total. The van der Waals surface area contributed by atoms with Gasteiger partial charge in [0.05, 0.1) is 0 Å². The summed E-state index contributed by atoms with van der Waals surface area (Å²) in [7, 11) is 0. The number of primary amides is 1. The molecule has 1 aromatic rings. The highest BCUT2D eigenvalue weighted by atomic mass is 16.5. The molecule has 0 saturated carbocycles. The van der Waals surface area contributed by atoms with Gasteiger partial charge in [-0.15, -0.1) is 0 Å². The minimum atomic E-state index is -0.723. The third-order valence-electron chi connectivity index (χ3n) is 1.50. The number of aryl methyl sites for hydroxylation is 2. The van der Waals surface area contributed by atoms with Crippen molar-refractivity contribution in [3.05, 3.63) is 34.3 Å². The van der Waals surface area contributed by atoms with Crippen LogP contribution in [0.15, 0.2) is 6.20 Å². The van der Waals surface area contributed by atoms with Crippen molar-refractivity contribution >= 4 is 5.91 Å². The van der Waals surface area contributed by atoms with E-state index in [0.717, 1.165) is 0 Å². The lowest BCUT2D eigenvalue weighted by molar-refractivity contribution is -0.608. The van der Waals surface area contributed by atoms with Crippen LogP contribution in [0.2, 0.25) is 0 Å². The molecule has 1 amide bonds. The minimum Gasteiger partial charge on any atom is -0.618 e. The fourth-order valence-corrected chi connectivity index (χ4v) is 1.09. The Morgan fingerprint density at radius 2 is 2.25 bits per heavy atom. The van der Waals surface area contributed by atoms with E-state index in [-0.39, 0.29) is 5.69 Å². The summed E-state index contributed by atoms with van der Waals surface area (Å²) in [5, 5.41) is 11.1. The fourth-order valence-electron chi connectivity index (χ4n) is 1.09. The first kappa shape index (κ1) is 8.52. The molecule has 0 aliphatic carbocycles. The summed E-state index contributed by atoms with van der Waals surface area (Å²) in [5.41, 5.74) is 6.12. The Morgan fingerprint density at radius 3 is 2.67 bits per heavy atom. The van der Waals surface area contributed by atoms with Gasteiger partial charge < -0.3 is 10.9 Å².